The Morgan fingerprint density at radius 2 is 1.46 bits per heavy atom. The molecule has 0 aliphatic carbocycles. The summed E-state index contributed by atoms with van der Waals surface area (Å²) in [5, 5.41) is 46.0. The molecule has 117 heavy (non-hydrogen) atoms. The number of benzene rings is 4. The highest BCUT2D eigenvalue weighted by Gasteiger charge is 2.50. The van der Waals surface area contributed by atoms with Gasteiger partial charge in [0, 0.05) is 94.4 Å². The molecule has 11 rings (SSSR count). The Kier molecular flexibility index (Phi) is 30.6. The first-order valence-electron chi connectivity index (χ1n) is 39.4. The van der Waals surface area contributed by atoms with Crippen LogP contribution >= 0.6 is 0 Å². The third kappa shape index (κ3) is 23.8. The van der Waals surface area contributed by atoms with E-state index >= 15 is 33.2 Å². The molecule has 10 atom stereocenters. The van der Waals surface area contributed by atoms with E-state index in [9.17, 15) is 33.9 Å². The molecule has 7 heterocycles. The number of fused-ring (bicyclic) bond motifs is 7. The van der Waals surface area contributed by atoms with Gasteiger partial charge in [-0.25, -0.2) is 9.07 Å². The van der Waals surface area contributed by atoms with E-state index in [-0.39, 0.29) is 136 Å². The van der Waals surface area contributed by atoms with Gasteiger partial charge in [-0.05, 0) is 129 Å². The summed E-state index contributed by atoms with van der Waals surface area (Å²) in [6, 6.07) is 13.4. The number of halogens is 2. The molecule has 0 unspecified atom stereocenters. The van der Waals surface area contributed by atoms with Crippen molar-refractivity contribution in [1.82, 2.24) is 77.2 Å². The van der Waals surface area contributed by atoms with Crippen molar-refractivity contribution in [2.75, 3.05) is 94.0 Å². The number of aromatic nitrogens is 4. The second kappa shape index (κ2) is 40.4. The SMILES string of the molecule is COc1ccc(C[C@@H]2NC(=O)[C@H]([C@@H](C)O)NC(=O)[C@@H]3[C@@H]4CCN3C(=O)[C@H]3CC(=O)[C@H](Cc5cccc(c5)CNC(=O)CO4)NC(=O)[C@@H](CNC(=O)CCOCCOCC[N+](C)(C)C)NC(=O)[C@H](C)NC(=O)CCC(=O)NCc4ccc(cc4Cn4cc(nn4)Cn4cc(c5cc(F)ccc54)C3)CCNC(=O)[C@]3(C)CCCN3C2=O)cc1.[Cl-]. The molecule has 630 valence electrons. The van der Waals surface area contributed by atoms with Gasteiger partial charge >= 0.3 is 0 Å². The van der Waals surface area contributed by atoms with E-state index in [4.69, 9.17) is 18.9 Å². The third-order valence-corrected chi connectivity index (χ3v) is 21.7. The second-order valence-corrected chi connectivity index (χ2v) is 31.6. The van der Waals surface area contributed by atoms with Gasteiger partial charge in [-0.1, -0.05) is 59.8 Å². The van der Waals surface area contributed by atoms with E-state index in [0.717, 1.165) is 17.0 Å². The van der Waals surface area contributed by atoms with Crippen LogP contribution in [0.25, 0.3) is 10.9 Å². The number of methoxy groups -OCH3 is 1. The average molecular weight is 1640 g/mol. The van der Waals surface area contributed by atoms with Crippen LogP contribution in [0.3, 0.4) is 0 Å². The van der Waals surface area contributed by atoms with E-state index in [2.05, 4.69) is 58.2 Å². The van der Waals surface area contributed by atoms with Crippen molar-refractivity contribution in [3.8, 4) is 5.75 Å². The molecule has 6 aromatic rings. The van der Waals surface area contributed by atoms with Crippen LogP contribution in [0.1, 0.15) is 110 Å². The monoisotopic (exact) mass is 1640 g/mol. The Balaban J connectivity index is 0.0000144. The number of ketones is 1. The number of ether oxygens (including phenoxy) is 4. The van der Waals surface area contributed by atoms with Gasteiger partial charge in [0.1, 0.15) is 66.2 Å². The fraction of sp³-hybridized carbons (Fsp3) is 0.512. The molecule has 10 N–H and O–H groups in total. The first-order chi connectivity index (χ1) is 55.5. The maximum Gasteiger partial charge on any atom is 0.246 e. The predicted octanol–water partition coefficient (Wildman–Crippen LogP) is -2.77. The van der Waals surface area contributed by atoms with E-state index in [0.29, 0.717) is 73.2 Å². The van der Waals surface area contributed by atoms with Crippen molar-refractivity contribution in [2.45, 2.75) is 172 Å². The zero-order valence-electron chi connectivity index (χ0n) is 67.0. The number of rotatable bonds is 15. The number of quaternary nitrogens is 1. The second-order valence-electron chi connectivity index (χ2n) is 31.6. The number of hydrogen-bond acceptors (Lipinski definition) is 19. The van der Waals surface area contributed by atoms with Crippen LogP contribution in [0.15, 0.2) is 97.3 Å². The lowest BCUT2D eigenvalue weighted by Gasteiger charge is -2.37. The Morgan fingerprint density at radius 3 is 2.22 bits per heavy atom. The molecule has 5 aliphatic rings. The molecule has 0 radical (unpaired) electrons. The summed E-state index contributed by atoms with van der Waals surface area (Å²) in [4.78, 5) is 181. The molecule has 35 heteroatoms. The molecule has 0 saturated carbocycles. The quantitative estimate of drug-likeness (QED) is 0.0368. The molecule has 4 aromatic carbocycles. The van der Waals surface area contributed by atoms with Crippen LogP contribution < -0.4 is 65.0 Å². The van der Waals surface area contributed by atoms with Crippen molar-refractivity contribution >= 4 is 81.7 Å². The van der Waals surface area contributed by atoms with E-state index in [1.807, 2.05) is 39.3 Å². The van der Waals surface area contributed by atoms with Crippen LogP contribution in [-0.4, -0.2) is 258 Å². The van der Waals surface area contributed by atoms with Gasteiger partial charge in [-0.15, -0.1) is 5.10 Å². The summed E-state index contributed by atoms with van der Waals surface area (Å²) in [6.07, 6.45) is -1.20. The molecular weight excluding hydrogens is 1540 g/mol. The van der Waals surface area contributed by atoms with E-state index < -0.39 is 156 Å². The van der Waals surface area contributed by atoms with E-state index in [1.54, 1.807) is 83.2 Å². The first kappa shape index (κ1) is 88.6. The van der Waals surface area contributed by atoms with Gasteiger partial charge in [-0.2, -0.15) is 0 Å². The Bertz CT molecular complexity index is 4610. The topological polar surface area (TPSA) is 412 Å². The van der Waals surface area contributed by atoms with Gasteiger partial charge < -0.3 is 103 Å². The van der Waals surface area contributed by atoms with Crippen molar-refractivity contribution in [3.63, 3.8) is 0 Å². The van der Waals surface area contributed by atoms with Crippen LogP contribution in [-0.2, 0) is 124 Å². The van der Waals surface area contributed by atoms with Crippen molar-refractivity contribution in [1.29, 1.82) is 0 Å². The van der Waals surface area contributed by atoms with Crippen molar-refractivity contribution in [3.05, 3.63) is 148 Å². The average Bonchev–Trinajstić information content (AvgIpc) is 1.65. The minimum atomic E-state index is -1.87. The van der Waals surface area contributed by atoms with Gasteiger partial charge in [-0.3, -0.25) is 57.5 Å². The van der Waals surface area contributed by atoms with Gasteiger partial charge in [0.2, 0.25) is 65.0 Å². The fourth-order valence-corrected chi connectivity index (χ4v) is 15.2. The summed E-state index contributed by atoms with van der Waals surface area (Å²) in [7, 11) is 7.58. The van der Waals surface area contributed by atoms with Crippen LogP contribution in [0.4, 0.5) is 4.39 Å². The van der Waals surface area contributed by atoms with Crippen LogP contribution in [0, 0.1) is 11.7 Å². The molecular formula is C82H106ClFN16O17. The molecule has 5 aliphatic heterocycles. The number of nitrogens with one attached hydrogen (secondary N) is 9. The Hall–Kier alpha value is -10.8. The minimum absolute atomic E-state index is 0. The summed E-state index contributed by atoms with van der Waals surface area (Å²) in [5.74, 6) is -10.9. The summed E-state index contributed by atoms with van der Waals surface area (Å²) in [6.45, 7) is 4.58. The smallest absolute Gasteiger partial charge is 0.246 e. The summed E-state index contributed by atoms with van der Waals surface area (Å²) < 4.78 is 43.1. The molecule has 2 fully saturated rings. The van der Waals surface area contributed by atoms with Gasteiger partial charge in [0.25, 0.3) is 0 Å². The molecule has 33 nitrogen and oxygen atoms in total. The Morgan fingerprint density at radius 1 is 0.718 bits per heavy atom. The van der Waals surface area contributed by atoms with Crippen molar-refractivity contribution in [2.24, 2.45) is 5.92 Å². The fourth-order valence-electron chi connectivity index (χ4n) is 15.2. The zero-order valence-corrected chi connectivity index (χ0v) is 67.7. The Labute approximate surface area is 683 Å². The standard InChI is InChI=1S/C82H105FN16O17.ClH/c1-49-75(106)91-65(43-87-70(103)24-30-114-32-33-115-31-29-99(4,5)6)76(107)89-63-37-53-10-8-11-54(34-53)41-85-72(105)48-116-68-23-28-97-74(68)78(109)92-73(50(2)100)77(108)90-64(36-51-13-17-61(113-7)18-14-51)80(111)98-27-9-25-82(98,3)81(112)84-26-22-52-12-15-55(42-86-69(102)20-21-71(104)88-49)57(35-52)45-96-47-60(93-94-96)46-95-44-58(38-56(79(97)110)39-67(63)101)62-40-59(83)16-19-66(62)95;/h8,10-19,34-35,40,44,47,49-50,56,63-65,68,73-74,100H,9,20-33,36-39,41-43,45-46,48H2,1-7H3,(H8-,84,85,86,87,88,89,90,91,92,102,103,104,105,106,107,108,109,112);1H/t49-,50+,56+,63-,64-,65+,68-,73-,74-,82-;/m0./s1. The van der Waals surface area contributed by atoms with Gasteiger partial charge in [0.15, 0.2) is 5.78 Å². The molecule has 13 bridgehead atoms. The number of likely N-dealkylation sites (N-methyl/N-ethyl adjacent to an activating group) is 1. The number of nitrogens with zero attached hydrogens (tertiary/aromatic N) is 7. The third-order valence-electron chi connectivity index (χ3n) is 21.7. The maximum absolute atomic E-state index is 16.4. The van der Waals surface area contributed by atoms with Gasteiger partial charge in [0.05, 0.1) is 92.2 Å². The highest BCUT2D eigenvalue weighted by Crippen LogP contribution is 2.34. The minimum Gasteiger partial charge on any atom is -1.00 e. The number of carbonyl (C=O) groups is 12. The largest absolute Gasteiger partial charge is 1.00 e. The number of aliphatic hydroxyl groups is 1. The maximum atomic E-state index is 16.4. The molecule has 0 spiro atoms. The number of hydrogen-bond donors (Lipinski definition) is 10. The van der Waals surface area contributed by atoms with Crippen LogP contribution in [0.2, 0.25) is 0 Å². The highest BCUT2D eigenvalue weighted by atomic mass is 35.5. The van der Waals surface area contributed by atoms with E-state index in [1.165, 1.54) is 38.0 Å². The lowest BCUT2D eigenvalue weighted by atomic mass is 9.88. The predicted molar refractivity (Wildman–Crippen MR) is 418 cm³/mol. The lowest BCUT2D eigenvalue weighted by molar-refractivity contribution is -0.870. The van der Waals surface area contributed by atoms with Crippen molar-refractivity contribution < 1.29 is 103 Å². The molecule has 2 saturated heterocycles. The summed E-state index contributed by atoms with van der Waals surface area (Å²) >= 11 is 0. The molecule has 2 aromatic heterocycles. The highest BCUT2D eigenvalue weighted by molar-refractivity contribution is 6.00. The number of aliphatic hydroxyl groups excluding tert-OH is 1. The lowest BCUT2D eigenvalue weighted by Crippen LogP contribution is -3.00. The first-order valence-corrected chi connectivity index (χ1v) is 39.4. The number of amides is 11. The zero-order chi connectivity index (χ0) is 83.0. The molecule has 11 amide bonds. The normalized spacial score (nSPS) is 23.8. The summed E-state index contributed by atoms with van der Waals surface area (Å²) in [5.41, 5.74) is 3.40. The number of carbonyl (C=O) groups excluding carboxylic acids is 12. The number of Topliss-reactive ketones (excluding diaryl/α,β-unsaturated/α-hetero) is 1. The van der Waals surface area contributed by atoms with Crippen LogP contribution in [0.5, 0.6) is 5.75 Å².